The molecule has 0 aromatic rings. The van der Waals surface area contributed by atoms with Crippen LogP contribution in [0.25, 0.3) is 0 Å². The fraction of sp³-hybridized carbons (Fsp3) is 0.783. The molecule has 4 rings (SSSR count). The van der Waals surface area contributed by atoms with E-state index in [1.54, 1.807) is 0 Å². The van der Waals surface area contributed by atoms with Crippen molar-refractivity contribution in [2.75, 3.05) is 0 Å². The van der Waals surface area contributed by atoms with E-state index in [9.17, 15) is 4.79 Å². The lowest BCUT2D eigenvalue weighted by Crippen LogP contribution is -2.47. The molecule has 0 heterocycles. The van der Waals surface area contributed by atoms with Gasteiger partial charge in [-0.1, -0.05) is 26.0 Å². The summed E-state index contributed by atoms with van der Waals surface area (Å²) in [6.07, 6.45) is 17.4. The second-order valence-electron chi connectivity index (χ2n) is 9.36. The van der Waals surface area contributed by atoms with E-state index in [0.29, 0.717) is 11.3 Å². The molecular weight excluding hydrogens is 308 g/mol. The van der Waals surface area contributed by atoms with Gasteiger partial charge in [-0.25, -0.2) is 0 Å². The van der Waals surface area contributed by atoms with Gasteiger partial charge in [-0.2, -0.15) is 0 Å². The number of carbonyl (C=O) groups excluding carboxylic acids is 1. The Morgan fingerprint density at radius 1 is 1.24 bits per heavy atom. The molecule has 3 fully saturated rings. The minimum atomic E-state index is -0.185. The summed E-state index contributed by atoms with van der Waals surface area (Å²) in [5.74, 6) is 4.84. The molecule has 4 aliphatic rings. The lowest BCUT2D eigenvalue weighted by Gasteiger charge is -2.55. The molecular formula is C23H34O2. The normalized spacial score (nSPS) is 47.1. The van der Waals surface area contributed by atoms with Gasteiger partial charge >= 0.3 is 5.97 Å². The third kappa shape index (κ3) is 2.80. The SMILES string of the molecule is CC[C@H]1C(=COC(C)=O)C[C@H]2[C@@H]3CCC4C=CCC[C@@H]4[C@H]3CC[C@]12C. The summed E-state index contributed by atoms with van der Waals surface area (Å²) in [7, 11) is 0. The van der Waals surface area contributed by atoms with Gasteiger partial charge in [0.2, 0.25) is 0 Å². The van der Waals surface area contributed by atoms with Gasteiger partial charge < -0.3 is 4.74 Å². The molecule has 0 bridgehead atoms. The number of rotatable bonds is 2. The average molecular weight is 343 g/mol. The molecule has 0 amide bonds. The first-order chi connectivity index (χ1) is 12.0. The predicted octanol–water partition coefficient (Wildman–Crippen LogP) is 5.89. The first-order valence-electron chi connectivity index (χ1n) is 10.6. The third-order valence-corrected chi connectivity index (χ3v) is 8.40. The van der Waals surface area contributed by atoms with E-state index in [2.05, 4.69) is 26.0 Å². The van der Waals surface area contributed by atoms with Gasteiger partial charge in [-0.05, 0) is 97.9 Å². The van der Waals surface area contributed by atoms with Crippen molar-refractivity contribution >= 4 is 5.97 Å². The topological polar surface area (TPSA) is 26.3 Å². The van der Waals surface area contributed by atoms with Crippen LogP contribution < -0.4 is 0 Å². The fourth-order valence-corrected chi connectivity index (χ4v) is 7.41. The van der Waals surface area contributed by atoms with E-state index in [1.807, 2.05) is 6.26 Å². The van der Waals surface area contributed by atoms with Crippen molar-refractivity contribution in [1.82, 2.24) is 0 Å². The van der Waals surface area contributed by atoms with E-state index >= 15 is 0 Å². The van der Waals surface area contributed by atoms with Crippen molar-refractivity contribution in [3.8, 4) is 0 Å². The van der Waals surface area contributed by atoms with Crippen molar-refractivity contribution < 1.29 is 9.53 Å². The van der Waals surface area contributed by atoms with Crippen LogP contribution in [0.1, 0.15) is 72.1 Å². The monoisotopic (exact) mass is 342 g/mol. The summed E-state index contributed by atoms with van der Waals surface area (Å²) in [5.41, 5.74) is 1.83. The van der Waals surface area contributed by atoms with E-state index in [4.69, 9.17) is 4.74 Å². The standard InChI is InChI=1S/C23H34O2/c1-4-21-17(14-25-15(2)24)13-22-20-10-9-16-7-5-6-8-18(16)19(20)11-12-23(21,22)3/h5,7,14,16,18-22H,4,6,8-13H2,1-3H3/t16?,18-,19+,20+,21-,22-,23+/m0/s1. The van der Waals surface area contributed by atoms with Crippen molar-refractivity contribution in [2.45, 2.75) is 72.1 Å². The summed E-state index contributed by atoms with van der Waals surface area (Å²) in [4.78, 5) is 11.3. The largest absolute Gasteiger partial charge is 0.435 e. The van der Waals surface area contributed by atoms with Gasteiger partial charge in [-0.3, -0.25) is 4.79 Å². The second-order valence-corrected chi connectivity index (χ2v) is 9.36. The van der Waals surface area contributed by atoms with Crippen LogP contribution in [0.2, 0.25) is 0 Å². The summed E-state index contributed by atoms with van der Waals surface area (Å²) < 4.78 is 5.32. The molecule has 0 spiro atoms. The highest BCUT2D eigenvalue weighted by atomic mass is 16.5. The van der Waals surface area contributed by atoms with Crippen LogP contribution in [-0.4, -0.2) is 5.97 Å². The minimum Gasteiger partial charge on any atom is -0.435 e. The Morgan fingerprint density at radius 2 is 2.08 bits per heavy atom. The van der Waals surface area contributed by atoms with Crippen LogP contribution in [0.15, 0.2) is 24.0 Å². The fourth-order valence-electron chi connectivity index (χ4n) is 7.41. The molecule has 4 aliphatic carbocycles. The Bertz CT molecular complexity index is 589. The second kappa shape index (κ2) is 6.59. The molecule has 0 radical (unpaired) electrons. The molecule has 25 heavy (non-hydrogen) atoms. The van der Waals surface area contributed by atoms with E-state index in [1.165, 1.54) is 57.4 Å². The molecule has 2 nitrogen and oxygen atoms in total. The summed E-state index contributed by atoms with van der Waals surface area (Å²) in [6, 6.07) is 0. The minimum absolute atomic E-state index is 0.185. The molecule has 0 saturated heterocycles. The first-order valence-corrected chi connectivity index (χ1v) is 10.6. The Balaban J connectivity index is 1.60. The van der Waals surface area contributed by atoms with E-state index in [-0.39, 0.29) is 5.97 Å². The van der Waals surface area contributed by atoms with Crippen LogP contribution >= 0.6 is 0 Å². The number of allylic oxidation sites excluding steroid dienone is 3. The maximum Gasteiger partial charge on any atom is 0.307 e. The van der Waals surface area contributed by atoms with Crippen LogP contribution in [0, 0.1) is 40.9 Å². The number of esters is 1. The average Bonchev–Trinajstić information content (AvgIpc) is 2.91. The molecule has 0 aliphatic heterocycles. The molecule has 1 unspecified atom stereocenters. The molecule has 0 aromatic carbocycles. The molecule has 0 N–H and O–H groups in total. The highest BCUT2D eigenvalue weighted by Crippen LogP contribution is 2.65. The highest BCUT2D eigenvalue weighted by Gasteiger charge is 2.57. The van der Waals surface area contributed by atoms with Crippen LogP contribution in [0.5, 0.6) is 0 Å². The van der Waals surface area contributed by atoms with Gasteiger partial charge in [-0.15, -0.1) is 0 Å². The van der Waals surface area contributed by atoms with E-state index < -0.39 is 0 Å². The number of fused-ring (bicyclic) bond motifs is 5. The zero-order valence-electron chi connectivity index (χ0n) is 16.2. The maximum absolute atomic E-state index is 11.3. The van der Waals surface area contributed by atoms with Gasteiger partial charge in [0.15, 0.2) is 0 Å². The summed E-state index contributed by atoms with van der Waals surface area (Å²) in [5, 5.41) is 0. The quantitative estimate of drug-likeness (QED) is 0.355. The number of hydrogen-bond acceptors (Lipinski definition) is 2. The molecule has 0 aromatic heterocycles. The van der Waals surface area contributed by atoms with Crippen LogP contribution in [0.3, 0.4) is 0 Å². The van der Waals surface area contributed by atoms with Crippen LogP contribution in [-0.2, 0) is 9.53 Å². The number of hydrogen-bond donors (Lipinski definition) is 0. The van der Waals surface area contributed by atoms with Gasteiger partial charge in [0, 0.05) is 6.92 Å². The lowest BCUT2D eigenvalue weighted by molar-refractivity contribution is -0.135. The number of carbonyl (C=O) groups is 1. The van der Waals surface area contributed by atoms with Gasteiger partial charge in [0.1, 0.15) is 0 Å². The van der Waals surface area contributed by atoms with Gasteiger partial charge in [0.25, 0.3) is 0 Å². The predicted molar refractivity (Wildman–Crippen MR) is 101 cm³/mol. The summed E-state index contributed by atoms with van der Waals surface area (Å²) in [6.45, 7) is 6.37. The zero-order valence-corrected chi connectivity index (χ0v) is 16.2. The van der Waals surface area contributed by atoms with E-state index in [0.717, 1.165) is 36.0 Å². The lowest BCUT2D eigenvalue weighted by atomic mass is 9.50. The third-order valence-electron chi connectivity index (χ3n) is 8.40. The Labute approximate surface area is 153 Å². The zero-order chi connectivity index (χ0) is 17.6. The maximum atomic E-state index is 11.3. The summed E-state index contributed by atoms with van der Waals surface area (Å²) >= 11 is 0. The smallest absolute Gasteiger partial charge is 0.307 e. The highest BCUT2D eigenvalue weighted by molar-refractivity contribution is 5.66. The Morgan fingerprint density at radius 3 is 2.84 bits per heavy atom. The van der Waals surface area contributed by atoms with Crippen molar-refractivity contribution in [1.29, 1.82) is 0 Å². The Kier molecular flexibility index (Phi) is 4.58. The van der Waals surface area contributed by atoms with Crippen molar-refractivity contribution in [3.05, 3.63) is 24.0 Å². The first kappa shape index (κ1) is 17.4. The molecule has 2 heteroatoms. The Hall–Kier alpha value is -1.05. The number of ether oxygens (including phenoxy) is 1. The van der Waals surface area contributed by atoms with Crippen LogP contribution in [0.4, 0.5) is 0 Å². The van der Waals surface area contributed by atoms with Gasteiger partial charge in [0.05, 0.1) is 6.26 Å². The molecule has 138 valence electrons. The van der Waals surface area contributed by atoms with Crippen molar-refractivity contribution in [3.63, 3.8) is 0 Å². The van der Waals surface area contributed by atoms with Crippen molar-refractivity contribution in [2.24, 2.45) is 40.9 Å². The molecule has 7 atom stereocenters. The molecule has 3 saturated carbocycles.